The first kappa shape index (κ1) is 22.1. The Morgan fingerprint density at radius 3 is 2.29 bits per heavy atom. The van der Waals surface area contributed by atoms with Crippen molar-refractivity contribution >= 4 is 17.1 Å². The van der Waals surface area contributed by atoms with Gasteiger partial charge >= 0.3 is 18.1 Å². The van der Waals surface area contributed by atoms with Crippen molar-refractivity contribution in [3.8, 4) is 6.07 Å². The predicted octanol–water partition coefficient (Wildman–Crippen LogP) is 5.28. The Labute approximate surface area is 171 Å². The van der Waals surface area contributed by atoms with Crippen LogP contribution in [0.15, 0.2) is 59.8 Å². The molecule has 0 radical (unpaired) electrons. The van der Waals surface area contributed by atoms with Crippen molar-refractivity contribution in [2.75, 3.05) is 0 Å². The van der Waals surface area contributed by atoms with Crippen LogP contribution in [0.4, 0.5) is 30.7 Å². The molecule has 1 aromatic heterocycles. The van der Waals surface area contributed by atoms with E-state index >= 15 is 0 Å². The molecule has 31 heavy (non-hydrogen) atoms. The van der Waals surface area contributed by atoms with Crippen LogP contribution in [0.5, 0.6) is 0 Å². The molecule has 0 saturated carbocycles. The molecule has 1 heterocycles. The first-order valence-corrected chi connectivity index (χ1v) is 8.66. The lowest BCUT2D eigenvalue weighted by atomic mass is 10.1. The number of nitriles is 1. The molecule has 3 rings (SSSR count). The SMILES string of the molecule is N#Cc1ccccc1Cn1cc(/C=N/NC(F)(F)C(F)(F)C(F)(F)F)c2ccccc21. The van der Waals surface area contributed by atoms with Crippen molar-refractivity contribution in [1.29, 1.82) is 5.26 Å². The molecule has 2 aromatic carbocycles. The third-order valence-electron chi connectivity index (χ3n) is 4.46. The van der Waals surface area contributed by atoms with Gasteiger partial charge in [-0.25, -0.2) is 5.43 Å². The van der Waals surface area contributed by atoms with Crippen molar-refractivity contribution in [2.24, 2.45) is 5.10 Å². The number of fused-ring (bicyclic) bond motifs is 1. The standard InChI is InChI=1S/C20H13F7N4/c21-18(22,19(23,24)25)20(26,27)30-29-10-15-12-31(17-8-4-3-7-16(15)17)11-14-6-2-1-5-13(14)9-28/h1-8,10,12,30H,11H2/b29-10+. The van der Waals surface area contributed by atoms with Gasteiger partial charge in [-0.05, 0) is 17.7 Å². The summed E-state index contributed by atoms with van der Waals surface area (Å²) in [6.45, 7) is 0.230. The van der Waals surface area contributed by atoms with Gasteiger partial charge in [0.2, 0.25) is 0 Å². The molecule has 4 nitrogen and oxygen atoms in total. The molecule has 0 aliphatic rings. The maximum Gasteiger partial charge on any atom is 0.462 e. The van der Waals surface area contributed by atoms with Crippen LogP contribution in [-0.2, 0) is 6.54 Å². The molecule has 0 spiro atoms. The highest BCUT2D eigenvalue weighted by Gasteiger charge is 2.73. The second-order valence-corrected chi connectivity index (χ2v) is 6.51. The van der Waals surface area contributed by atoms with Crippen LogP contribution in [0.3, 0.4) is 0 Å². The average Bonchev–Trinajstić information content (AvgIpc) is 3.05. The maximum absolute atomic E-state index is 13.4. The third-order valence-corrected chi connectivity index (χ3v) is 4.46. The Kier molecular flexibility index (Phi) is 5.67. The molecule has 0 amide bonds. The fraction of sp³-hybridized carbons (Fsp3) is 0.200. The summed E-state index contributed by atoms with van der Waals surface area (Å²) < 4.78 is 91.0. The van der Waals surface area contributed by atoms with Crippen molar-refractivity contribution in [1.82, 2.24) is 9.99 Å². The minimum atomic E-state index is -6.46. The zero-order chi connectivity index (χ0) is 22.9. The van der Waals surface area contributed by atoms with E-state index in [2.05, 4.69) is 11.2 Å². The second kappa shape index (κ2) is 7.94. The van der Waals surface area contributed by atoms with Crippen molar-refractivity contribution in [2.45, 2.75) is 24.7 Å². The Hall–Kier alpha value is -3.55. The van der Waals surface area contributed by atoms with Gasteiger partial charge in [-0.2, -0.15) is 41.1 Å². The Balaban J connectivity index is 1.91. The molecule has 0 atom stereocenters. The normalized spacial score (nSPS) is 13.0. The summed E-state index contributed by atoms with van der Waals surface area (Å²) in [4.78, 5) is 0. The lowest BCUT2D eigenvalue weighted by Gasteiger charge is -2.27. The van der Waals surface area contributed by atoms with Gasteiger partial charge in [-0.3, -0.25) is 0 Å². The van der Waals surface area contributed by atoms with E-state index in [-0.39, 0.29) is 12.1 Å². The summed E-state index contributed by atoms with van der Waals surface area (Å²) in [5.41, 5.74) is 2.52. The molecule has 0 saturated heterocycles. The van der Waals surface area contributed by atoms with Gasteiger partial charge in [-0.15, -0.1) is 0 Å². The van der Waals surface area contributed by atoms with Gasteiger partial charge in [0.05, 0.1) is 17.8 Å². The number of nitrogens with one attached hydrogen (secondary N) is 1. The fourth-order valence-corrected chi connectivity index (χ4v) is 2.89. The summed E-state index contributed by atoms with van der Waals surface area (Å²) in [5.74, 6) is -6.31. The highest BCUT2D eigenvalue weighted by molar-refractivity contribution is 5.99. The number of hydrazone groups is 1. The summed E-state index contributed by atoms with van der Waals surface area (Å²) >= 11 is 0. The smallest absolute Gasteiger partial charge is 0.342 e. The van der Waals surface area contributed by atoms with E-state index < -0.39 is 18.1 Å². The molecule has 0 aliphatic carbocycles. The Morgan fingerprint density at radius 1 is 0.968 bits per heavy atom. The molecule has 3 aromatic rings. The fourth-order valence-electron chi connectivity index (χ4n) is 2.89. The number of halogens is 7. The Morgan fingerprint density at radius 2 is 1.61 bits per heavy atom. The van der Waals surface area contributed by atoms with Crippen molar-refractivity contribution < 1.29 is 30.7 Å². The van der Waals surface area contributed by atoms with Gasteiger partial charge in [0, 0.05) is 29.2 Å². The number of hydrogen-bond acceptors (Lipinski definition) is 3. The number of para-hydroxylation sites is 1. The van der Waals surface area contributed by atoms with E-state index in [1.54, 1.807) is 53.1 Å². The highest BCUT2D eigenvalue weighted by atomic mass is 19.4. The monoisotopic (exact) mass is 442 g/mol. The Bertz CT molecular complexity index is 1160. The number of alkyl halides is 7. The molecule has 11 heteroatoms. The molecular formula is C20H13F7N4. The van der Waals surface area contributed by atoms with Crippen LogP contribution in [0.2, 0.25) is 0 Å². The van der Waals surface area contributed by atoms with Crippen molar-refractivity contribution in [3.05, 3.63) is 71.4 Å². The molecule has 162 valence electrons. The van der Waals surface area contributed by atoms with Gasteiger partial charge in [0.15, 0.2) is 0 Å². The number of benzene rings is 2. The maximum atomic E-state index is 13.4. The van der Waals surface area contributed by atoms with Crippen LogP contribution in [0.25, 0.3) is 10.9 Å². The quantitative estimate of drug-likeness (QED) is 0.245. The number of rotatable bonds is 6. The van der Waals surface area contributed by atoms with E-state index in [0.29, 0.717) is 27.5 Å². The minimum Gasteiger partial charge on any atom is -0.342 e. The van der Waals surface area contributed by atoms with E-state index in [0.717, 1.165) is 6.21 Å². The first-order chi connectivity index (χ1) is 14.5. The molecule has 1 N–H and O–H groups in total. The molecule has 0 bridgehead atoms. The number of hydrogen-bond donors (Lipinski definition) is 1. The van der Waals surface area contributed by atoms with Gasteiger partial charge < -0.3 is 4.57 Å². The number of aromatic nitrogens is 1. The topological polar surface area (TPSA) is 53.1 Å². The largest absolute Gasteiger partial charge is 0.462 e. The molecule has 0 unspecified atom stereocenters. The molecule has 0 fully saturated rings. The van der Waals surface area contributed by atoms with Crippen molar-refractivity contribution in [3.63, 3.8) is 0 Å². The lowest BCUT2D eigenvalue weighted by Crippen LogP contribution is -2.58. The van der Waals surface area contributed by atoms with E-state index in [4.69, 9.17) is 0 Å². The zero-order valence-electron chi connectivity index (χ0n) is 15.5. The van der Waals surface area contributed by atoms with Gasteiger partial charge in [-0.1, -0.05) is 36.4 Å². The summed E-state index contributed by atoms with van der Waals surface area (Å²) in [6.07, 6.45) is -4.26. The summed E-state index contributed by atoms with van der Waals surface area (Å²) in [7, 11) is 0. The van der Waals surface area contributed by atoms with E-state index in [9.17, 15) is 36.0 Å². The van der Waals surface area contributed by atoms with Crippen LogP contribution >= 0.6 is 0 Å². The van der Waals surface area contributed by atoms with Crippen LogP contribution in [-0.4, -0.2) is 28.9 Å². The molecule has 0 aliphatic heterocycles. The predicted molar refractivity (Wildman–Crippen MR) is 98.9 cm³/mol. The third kappa shape index (κ3) is 4.19. The second-order valence-electron chi connectivity index (χ2n) is 6.51. The van der Waals surface area contributed by atoms with Gasteiger partial charge in [0.1, 0.15) is 0 Å². The minimum absolute atomic E-state index is 0.198. The number of nitrogens with zero attached hydrogens (tertiary/aromatic N) is 3. The van der Waals surface area contributed by atoms with E-state index in [1.165, 1.54) is 6.20 Å². The van der Waals surface area contributed by atoms with Gasteiger partial charge in [0.25, 0.3) is 0 Å². The summed E-state index contributed by atoms with van der Waals surface area (Å²) in [6, 6.07) is 9.81. The van der Waals surface area contributed by atoms with Crippen LogP contribution in [0, 0.1) is 11.3 Å². The van der Waals surface area contributed by atoms with Crippen LogP contribution < -0.4 is 5.43 Å². The first-order valence-electron chi connectivity index (χ1n) is 8.66. The lowest BCUT2D eigenvalue weighted by molar-refractivity contribution is -0.361. The molecular weight excluding hydrogens is 429 g/mol. The summed E-state index contributed by atoms with van der Waals surface area (Å²) in [5, 5.41) is 12.6. The zero-order valence-corrected chi connectivity index (χ0v) is 15.5. The van der Waals surface area contributed by atoms with Crippen LogP contribution in [0.1, 0.15) is 16.7 Å². The highest BCUT2D eigenvalue weighted by Crippen LogP contribution is 2.45. The van der Waals surface area contributed by atoms with E-state index in [1.807, 2.05) is 0 Å². The average molecular weight is 442 g/mol.